The van der Waals surface area contributed by atoms with Crippen LogP contribution in [0.15, 0.2) is 12.1 Å². The van der Waals surface area contributed by atoms with Gasteiger partial charge in [0.25, 0.3) is 0 Å². The molecule has 0 bridgehead atoms. The molecule has 1 aliphatic carbocycles. The van der Waals surface area contributed by atoms with E-state index in [1.165, 1.54) is 0 Å². The summed E-state index contributed by atoms with van der Waals surface area (Å²) in [6.07, 6.45) is 2.39. The summed E-state index contributed by atoms with van der Waals surface area (Å²) in [6, 6.07) is 3.91. The van der Waals surface area contributed by atoms with Crippen molar-refractivity contribution in [1.29, 1.82) is 0 Å². The van der Waals surface area contributed by atoms with Crippen LogP contribution in [0.5, 0.6) is 5.75 Å². The first kappa shape index (κ1) is 12.0. The van der Waals surface area contributed by atoms with Gasteiger partial charge in [0.15, 0.2) is 0 Å². The normalized spacial score (nSPS) is 17.4. The summed E-state index contributed by atoms with van der Waals surface area (Å²) in [7, 11) is 1.60. The van der Waals surface area contributed by atoms with Gasteiger partial charge in [-0.1, -0.05) is 12.5 Å². The van der Waals surface area contributed by atoms with E-state index in [0.29, 0.717) is 18.6 Å². The van der Waals surface area contributed by atoms with E-state index in [0.717, 1.165) is 23.1 Å². The lowest BCUT2D eigenvalue weighted by molar-refractivity contribution is -0.147. The van der Waals surface area contributed by atoms with Crippen molar-refractivity contribution in [2.45, 2.75) is 38.5 Å². The number of benzene rings is 1. The summed E-state index contributed by atoms with van der Waals surface area (Å²) >= 11 is 0. The summed E-state index contributed by atoms with van der Waals surface area (Å²) in [6.45, 7) is 4.02. The fourth-order valence-corrected chi connectivity index (χ4v) is 2.46. The van der Waals surface area contributed by atoms with Gasteiger partial charge < -0.3 is 9.84 Å². The Kier molecular flexibility index (Phi) is 2.86. The second-order valence-electron chi connectivity index (χ2n) is 4.88. The van der Waals surface area contributed by atoms with Crippen LogP contribution in [0, 0.1) is 13.8 Å². The number of aryl methyl sites for hydroxylation is 2. The van der Waals surface area contributed by atoms with E-state index in [9.17, 15) is 9.90 Å². The van der Waals surface area contributed by atoms with Gasteiger partial charge in [-0.15, -0.1) is 0 Å². The summed E-state index contributed by atoms with van der Waals surface area (Å²) in [5.41, 5.74) is 2.37. The van der Waals surface area contributed by atoms with Crippen LogP contribution in [-0.2, 0) is 10.2 Å². The fraction of sp³-hybridized carbons (Fsp3) is 0.500. The average Bonchev–Trinajstić information content (AvgIpc) is 2.20. The van der Waals surface area contributed by atoms with Gasteiger partial charge in [-0.25, -0.2) is 0 Å². The maximum atomic E-state index is 11.5. The first-order valence-electron chi connectivity index (χ1n) is 5.90. The Morgan fingerprint density at radius 1 is 1.29 bits per heavy atom. The minimum Gasteiger partial charge on any atom is -0.496 e. The van der Waals surface area contributed by atoms with Gasteiger partial charge in [0.1, 0.15) is 5.75 Å². The smallest absolute Gasteiger partial charge is 0.314 e. The fourth-order valence-electron chi connectivity index (χ4n) is 2.46. The topological polar surface area (TPSA) is 46.5 Å². The Morgan fingerprint density at radius 2 is 1.88 bits per heavy atom. The molecule has 1 saturated carbocycles. The van der Waals surface area contributed by atoms with Gasteiger partial charge in [0, 0.05) is 5.56 Å². The molecule has 1 N–H and O–H groups in total. The SMILES string of the molecule is COc1cc(C)c(C)cc1C1(C(=O)O)CCC1. The zero-order chi connectivity index (χ0) is 12.6. The monoisotopic (exact) mass is 234 g/mol. The molecule has 0 radical (unpaired) electrons. The van der Waals surface area contributed by atoms with E-state index in [2.05, 4.69) is 0 Å². The molecule has 3 nitrogen and oxygen atoms in total. The Labute approximate surface area is 101 Å². The molecule has 2 rings (SSSR count). The molecule has 0 atom stereocenters. The molecule has 0 unspecified atom stereocenters. The third-order valence-corrected chi connectivity index (χ3v) is 3.95. The van der Waals surface area contributed by atoms with Crippen LogP contribution in [0.1, 0.15) is 36.0 Å². The van der Waals surface area contributed by atoms with Crippen LogP contribution >= 0.6 is 0 Å². The van der Waals surface area contributed by atoms with E-state index in [4.69, 9.17) is 4.74 Å². The Hall–Kier alpha value is -1.51. The number of rotatable bonds is 3. The standard InChI is InChI=1S/C14H18O3/c1-9-7-11(12(17-3)8-10(9)2)14(13(15)16)5-4-6-14/h7-8H,4-6H2,1-3H3,(H,15,16). The molecule has 1 aromatic carbocycles. The molecule has 17 heavy (non-hydrogen) atoms. The molecule has 0 aromatic heterocycles. The molecule has 1 aliphatic rings. The van der Waals surface area contributed by atoms with Crippen molar-refractivity contribution in [1.82, 2.24) is 0 Å². The lowest BCUT2D eigenvalue weighted by Gasteiger charge is -2.39. The highest BCUT2D eigenvalue weighted by Gasteiger charge is 2.47. The molecule has 0 amide bonds. The first-order chi connectivity index (χ1) is 8.01. The predicted molar refractivity (Wildman–Crippen MR) is 65.6 cm³/mol. The number of carbonyl (C=O) groups is 1. The molecule has 0 saturated heterocycles. The highest BCUT2D eigenvalue weighted by Crippen LogP contribution is 2.47. The molecular weight excluding hydrogens is 216 g/mol. The number of methoxy groups -OCH3 is 1. The van der Waals surface area contributed by atoms with Crippen molar-refractivity contribution in [2.24, 2.45) is 0 Å². The van der Waals surface area contributed by atoms with Crippen molar-refractivity contribution in [3.8, 4) is 5.75 Å². The van der Waals surface area contributed by atoms with Crippen LogP contribution in [0.3, 0.4) is 0 Å². The largest absolute Gasteiger partial charge is 0.496 e. The maximum Gasteiger partial charge on any atom is 0.314 e. The molecule has 1 aromatic rings. The molecule has 0 heterocycles. The summed E-state index contributed by atoms with van der Waals surface area (Å²) in [5, 5.41) is 9.46. The predicted octanol–water partition coefficient (Wildman–Crippen LogP) is 2.82. The maximum absolute atomic E-state index is 11.5. The van der Waals surface area contributed by atoms with Crippen molar-refractivity contribution < 1.29 is 14.6 Å². The lowest BCUT2D eigenvalue weighted by atomic mass is 9.64. The highest BCUT2D eigenvalue weighted by molar-refractivity contribution is 5.84. The van der Waals surface area contributed by atoms with E-state index >= 15 is 0 Å². The number of hydrogen-bond acceptors (Lipinski definition) is 2. The van der Waals surface area contributed by atoms with Crippen molar-refractivity contribution in [3.63, 3.8) is 0 Å². The van der Waals surface area contributed by atoms with Gasteiger partial charge in [0.2, 0.25) is 0 Å². The van der Waals surface area contributed by atoms with E-state index in [-0.39, 0.29) is 0 Å². The van der Waals surface area contributed by atoms with Gasteiger partial charge in [-0.3, -0.25) is 4.79 Å². The van der Waals surface area contributed by atoms with E-state index < -0.39 is 11.4 Å². The summed E-state index contributed by atoms with van der Waals surface area (Å²) < 4.78 is 5.35. The first-order valence-corrected chi connectivity index (χ1v) is 5.90. The van der Waals surface area contributed by atoms with E-state index in [1.54, 1.807) is 7.11 Å². The second kappa shape index (κ2) is 4.06. The number of carboxylic acid groups (broad SMARTS) is 1. The van der Waals surface area contributed by atoms with Crippen LogP contribution < -0.4 is 4.74 Å². The zero-order valence-corrected chi connectivity index (χ0v) is 10.5. The number of hydrogen-bond donors (Lipinski definition) is 1. The minimum absolute atomic E-state index is 0.704. The third kappa shape index (κ3) is 1.70. The molecule has 0 spiro atoms. The quantitative estimate of drug-likeness (QED) is 0.874. The lowest BCUT2D eigenvalue weighted by Crippen LogP contribution is -2.42. The Bertz CT molecular complexity index is 459. The van der Waals surface area contributed by atoms with Crippen molar-refractivity contribution in [2.75, 3.05) is 7.11 Å². The van der Waals surface area contributed by atoms with Crippen molar-refractivity contribution in [3.05, 3.63) is 28.8 Å². The average molecular weight is 234 g/mol. The molecule has 1 fully saturated rings. The second-order valence-corrected chi connectivity index (χ2v) is 4.88. The zero-order valence-electron chi connectivity index (χ0n) is 10.5. The number of aliphatic carboxylic acids is 1. The number of ether oxygens (including phenoxy) is 1. The Morgan fingerprint density at radius 3 is 2.29 bits per heavy atom. The van der Waals surface area contributed by atoms with Crippen molar-refractivity contribution >= 4 is 5.97 Å². The number of carboxylic acids is 1. The summed E-state index contributed by atoms with van der Waals surface area (Å²) in [5.74, 6) is -0.0273. The molecular formula is C14H18O3. The van der Waals surface area contributed by atoms with Crippen LogP contribution in [0.2, 0.25) is 0 Å². The van der Waals surface area contributed by atoms with Gasteiger partial charge in [0.05, 0.1) is 12.5 Å². The van der Waals surface area contributed by atoms with Gasteiger partial charge >= 0.3 is 5.97 Å². The molecule has 92 valence electrons. The molecule has 3 heteroatoms. The van der Waals surface area contributed by atoms with Gasteiger partial charge in [-0.05, 0) is 43.9 Å². The van der Waals surface area contributed by atoms with Gasteiger partial charge in [-0.2, -0.15) is 0 Å². The summed E-state index contributed by atoms with van der Waals surface area (Å²) in [4.78, 5) is 11.5. The van der Waals surface area contributed by atoms with Crippen LogP contribution in [0.4, 0.5) is 0 Å². The molecule has 0 aliphatic heterocycles. The third-order valence-electron chi connectivity index (χ3n) is 3.95. The van der Waals surface area contributed by atoms with E-state index in [1.807, 2.05) is 26.0 Å². The minimum atomic E-state index is -0.731. The highest BCUT2D eigenvalue weighted by atomic mass is 16.5. The van der Waals surface area contributed by atoms with Crippen LogP contribution in [0.25, 0.3) is 0 Å². The van der Waals surface area contributed by atoms with Crippen LogP contribution in [-0.4, -0.2) is 18.2 Å². The Balaban J connectivity index is 2.57.